The molecule has 1 aliphatic heterocycles. The highest BCUT2D eigenvalue weighted by Gasteiger charge is 2.31. The van der Waals surface area contributed by atoms with Gasteiger partial charge in [-0.3, -0.25) is 4.90 Å². The number of likely N-dealkylation sites (N-methyl/N-ethyl adjacent to an activating group) is 1. The van der Waals surface area contributed by atoms with E-state index in [1.165, 1.54) is 30.4 Å². The van der Waals surface area contributed by atoms with Crippen LogP contribution in [0.25, 0.3) is 0 Å². The third-order valence-corrected chi connectivity index (χ3v) is 4.75. The number of rotatable bonds is 6. The summed E-state index contributed by atoms with van der Waals surface area (Å²) in [5.74, 6) is 0. The largest absolute Gasteiger partial charge is 0.309 e. The number of likely N-dealkylation sites (tertiary alicyclic amines) is 1. The third kappa shape index (κ3) is 3.62. The lowest BCUT2D eigenvalue weighted by Crippen LogP contribution is -2.41. The van der Waals surface area contributed by atoms with E-state index >= 15 is 0 Å². The summed E-state index contributed by atoms with van der Waals surface area (Å²) in [7, 11) is 0. The third-order valence-electron chi connectivity index (χ3n) is 4.75. The second-order valence-corrected chi connectivity index (χ2v) is 6.21. The standard InChI is InChI=1S/C18H30N2/c1-5-17-12-9-15(4)20(17)13-18(19-6-2)16-10-7-14(3)8-11-16/h7-8,10-11,15,17-19H,5-6,9,12-13H2,1-4H3. The molecule has 20 heavy (non-hydrogen) atoms. The van der Waals surface area contributed by atoms with Crippen LogP contribution in [0.4, 0.5) is 0 Å². The van der Waals surface area contributed by atoms with Gasteiger partial charge in [-0.2, -0.15) is 0 Å². The van der Waals surface area contributed by atoms with Crippen molar-refractivity contribution in [1.82, 2.24) is 10.2 Å². The van der Waals surface area contributed by atoms with Crippen LogP contribution in [0.3, 0.4) is 0 Å². The Morgan fingerprint density at radius 1 is 1.20 bits per heavy atom. The van der Waals surface area contributed by atoms with E-state index < -0.39 is 0 Å². The lowest BCUT2D eigenvalue weighted by Gasteiger charge is -2.32. The van der Waals surface area contributed by atoms with Gasteiger partial charge < -0.3 is 5.32 Å². The predicted octanol–water partition coefficient (Wildman–Crippen LogP) is 3.91. The first-order valence-corrected chi connectivity index (χ1v) is 8.21. The summed E-state index contributed by atoms with van der Waals surface area (Å²) in [6.07, 6.45) is 3.99. The number of hydrogen-bond donors (Lipinski definition) is 1. The Balaban J connectivity index is 2.10. The van der Waals surface area contributed by atoms with Gasteiger partial charge in [-0.25, -0.2) is 0 Å². The van der Waals surface area contributed by atoms with Crippen LogP contribution in [0.1, 0.15) is 57.2 Å². The van der Waals surface area contributed by atoms with Crippen LogP contribution in [0.15, 0.2) is 24.3 Å². The quantitative estimate of drug-likeness (QED) is 0.846. The molecule has 2 rings (SSSR count). The molecule has 1 heterocycles. The fraction of sp³-hybridized carbons (Fsp3) is 0.667. The minimum atomic E-state index is 0.454. The second-order valence-electron chi connectivity index (χ2n) is 6.21. The molecule has 1 saturated heterocycles. The van der Waals surface area contributed by atoms with Crippen LogP contribution >= 0.6 is 0 Å². The minimum Gasteiger partial charge on any atom is -0.309 e. The summed E-state index contributed by atoms with van der Waals surface area (Å²) in [4.78, 5) is 2.72. The van der Waals surface area contributed by atoms with Gasteiger partial charge in [-0.15, -0.1) is 0 Å². The molecular weight excluding hydrogens is 244 g/mol. The summed E-state index contributed by atoms with van der Waals surface area (Å²) in [6.45, 7) is 11.2. The van der Waals surface area contributed by atoms with Crippen LogP contribution in [0, 0.1) is 6.92 Å². The summed E-state index contributed by atoms with van der Waals surface area (Å²) in [5, 5.41) is 3.67. The Kier molecular flexibility index (Phi) is 5.62. The first-order valence-electron chi connectivity index (χ1n) is 8.21. The highest BCUT2D eigenvalue weighted by molar-refractivity contribution is 5.24. The smallest absolute Gasteiger partial charge is 0.0449 e. The van der Waals surface area contributed by atoms with Gasteiger partial charge in [0.15, 0.2) is 0 Å². The molecule has 1 aliphatic rings. The molecular formula is C18H30N2. The molecule has 2 heteroatoms. The molecule has 0 aromatic heterocycles. The molecule has 112 valence electrons. The molecule has 0 amide bonds. The van der Waals surface area contributed by atoms with Crippen LogP contribution in [-0.2, 0) is 0 Å². The maximum Gasteiger partial charge on any atom is 0.0449 e. The first-order chi connectivity index (χ1) is 9.65. The zero-order chi connectivity index (χ0) is 14.5. The van der Waals surface area contributed by atoms with E-state index in [0.29, 0.717) is 6.04 Å². The van der Waals surface area contributed by atoms with Crippen molar-refractivity contribution in [1.29, 1.82) is 0 Å². The van der Waals surface area contributed by atoms with Gasteiger partial charge in [0.25, 0.3) is 0 Å². The van der Waals surface area contributed by atoms with E-state index in [9.17, 15) is 0 Å². The normalized spacial score (nSPS) is 25.0. The van der Waals surface area contributed by atoms with Crippen LogP contribution in [-0.4, -0.2) is 30.1 Å². The lowest BCUT2D eigenvalue weighted by atomic mass is 10.0. The zero-order valence-corrected chi connectivity index (χ0v) is 13.5. The molecule has 1 aromatic carbocycles. The van der Waals surface area contributed by atoms with Gasteiger partial charge in [0.1, 0.15) is 0 Å². The molecule has 3 unspecified atom stereocenters. The van der Waals surface area contributed by atoms with Gasteiger partial charge in [-0.05, 0) is 45.2 Å². The molecule has 0 bridgehead atoms. The summed E-state index contributed by atoms with van der Waals surface area (Å²) in [6, 6.07) is 11.0. The second kappa shape index (κ2) is 7.24. The average Bonchev–Trinajstić information content (AvgIpc) is 2.80. The number of benzene rings is 1. The molecule has 2 nitrogen and oxygen atoms in total. The van der Waals surface area contributed by atoms with Gasteiger partial charge in [-0.1, -0.05) is 43.7 Å². The summed E-state index contributed by atoms with van der Waals surface area (Å²) >= 11 is 0. The highest BCUT2D eigenvalue weighted by atomic mass is 15.2. The fourth-order valence-corrected chi connectivity index (χ4v) is 3.44. The molecule has 1 N–H and O–H groups in total. The van der Waals surface area contributed by atoms with Gasteiger partial charge in [0.2, 0.25) is 0 Å². The minimum absolute atomic E-state index is 0.454. The van der Waals surface area contributed by atoms with Crippen LogP contribution in [0.2, 0.25) is 0 Å². The van der Waals surface area contributed by atoms with E-state index in [0.717, 1.165) is 25.2 Å². The maximum atomic E-state index is 3.67. The molecule has 3 atom stereocenters. The molecule has 0 radical (unpaired) electrons. The Hall–Kier alpha value is -0.860. The van der Waals surface area contributed by atoms with Crippen molar-refractivity contribution >= 4 is 0 Å². The molecule has 1 aromatic rings. The molecule has 0 aliphatic carbocycles. The number of nitrogens with one attached hydrogen (secondary N) is 1. The fourth-order valence-electron chi connectivity index (χ4n) is 3.44. The Labute approximate surface area is 124 Å². The Bertz CT molecular complexity index is 398. The molecule has 1 fully saturated rings. The predicted molar refractivity (Wildman–Crippen MR) is 87.1 cm³/mol. The highest BCUT2D eigenvalue weighted by Crippen LogP contribution is 2.28. The van der Waals surface area contributed by atoms with E-state index in [4.69, 9.17) is 0 Å². The van der Waals surface area contributed by atoms with E-state index in [-0.39, 0.29) is 0 Å². The number of aryl methyl sites for hydroxylation is 1. The average molecular weight is 274 g/mol. The van der Waals surface area contributed by atoms with Crippen molar-refractivity contribution in [2.45, 2.75) is 65.1 Å². The number of nitrogens with zero attached hydrogens (tertiary/aromatic N) is 1. The monoisotopic (exact) mass is 274 g/mol. The molecule has 0 saturated carbocycles. The van der Waals surface area contributed by atoms with Crippen molar-refractivity contribution < 1.29 is 0 Å². The summed E-state index contributed by atoms with van der Waals surface area (Å²) in [5.41, 5.74) is 2.76. The number of hydrogen-bond acceptors (Lipinski definition) is 2. The maximum absolute atomic E-state index is 3.67. The van der Waals surface area contributed by atoms with Crippen molar-refractivity contribution in [3.8, 4) is 0 Å². The van der Waals surface area contributed by atoms with Gasteiger partial charge in [0, 0.05) is 24.7 Å². The Morgan fingerprint density at radius 2 is 1.90 bits per heavy atom. The van der Waals surface area contributed by atoms with E-state index in [1.54, 1.807) is 0 Å². The van der Waals surface area contributed by atoms with Crippen molar-refractivity contribution in [3.63, 3.8) is 0 Å². The van der Waals surface area contributed by atoms with Crippen molar-refractivity contribution in [2.24, 2.45) is 0 Å². The zero-order valence-electron chi connectivity index (χ0n) is 13.5. The van der Waals surface area contributed by atoms with Gasteiger partial charge >= 0.3 is 0 Å². The van der Waals surface area contributed by atoms with Gasteiger partial charge in [0.05, 0.1) is 0 Å². The van der Waals surface area contributed by atoms with Crippen molar-refractivity contribution in [3.05, 3.63) is 35.4 Å². The van der Waals surface area contributed by atoms with E-state index in [1.807, 2.05) is 0 Å². The summed E-state index contributed by atoms with van der Waals surface area (Å²) < 4.78 is 0. The topological polar surface area (TPSA) is 15.3 Å². The Morgan fingerprint density at radius 3 is 2.50 bits per heavy atom. The molecule has 0 spiro atoms. The van der Waals surface area contributed by atoms with E-state index in [2.05, 4.69) is 62.2 Å². The van der Waals surface area contributed by atoms with Crippen LogP contribution in [0.5, 0.6) is 0 Å². The van der Waals surface area contributed by atoms with Crippen molar-refractivity contribution in [2.75, 3.05) is 13.1 Å². The SMILES string of the molecule is CCNC(CN1C(C)CCC1CC)c1ccc(C)cc1. The lowest BCUT2D eigenvalue weighted by molar-refractivity contribution is 0.177. The first kappa shape index (κ1) is 15.5. The van der Waals surface area contributed by atoms with Crippen LogP contribution < -0.4 is 5.32 Å².